The molecule has 2 heterocycles. The van der Waals surface area contributed by atoms with Crippen molar-refractivity contribution in [2.45, 2.75) is 25.8 Å². The second kappa shape index (κ2) is 6.89. The van der Waals surface area contributed by atoms with Gasteiger partial charge in [-0.3, -0.25) is 4.79 Å². The molecule has 1 fully saturated rings. The molecule has 1 amide bonds. The molecule has 1 unspecified atom stereocenters. The lowest BCUT2D eigenvalue weighted by molar-refractivity contribution is -0.117. The number of carbonyl (C=O) groups excluding carboxylic acids is 1. The molecule has 2 aromatic rings. The van der Waals surface area contributed by atoms with Crippen LogP contribution in [0.25, 0.3) is 5.69 Å². The Labute approximate surface area is 134 Å². The number of hydrogen-bond acceptors (Lipinski definition) is 3. The highest BCUT2D eigenvalue weighted by Gasteiger charge is 2.22. The van der Waals surface area contributed by atoms with E-state index in [9.17, 15) is 9.18 Å². The molecule has 0 radical (unpaired) electrons. The van der Waals surface area contributed by atoms with Gasteiger partial charge >= 0.3 is 0 Å². The number of amides is 1. The molecule has 0 aliphatic carbocycles. The van der Waals surface area contributed by atoms with Gasteiger partial charge in [0.1, 0.15) is 5.69 Å². The van der Waals surface area contributed by atoms with E-state index in [4.69, 9.17) is 0 Å². The molecule has 1 aromatic heterocycles. The Kier molecular flexibility index (Phi) is 5.15. The molecule has 0 saturated carbocycles. The maximum absolute atomic E-state index is 14.1. The maximum atomic E-state index is 14.1. The standard InChI is InChI=1S/C15H17FN4O.ClH/c1-10-8-18-20(9-10)14-5-4-11(7-12(14)16)19-15(21)13-3-2-6-17-13;/h4-5,7-9,13,17H,2-3,6H2,1H3,(H,19,21);1H. The second-order valence-electron chi connectivity index (χ2n) is 5.27. The van der Waals surface area contributed by atoms with Gasteiger partial charge in [-0.1, -0.05) is 0 Å². The molecule has 1 aromatic carbocycles. The first-order valence-electron chi connectivity index (χ1n) is 6.99. The van der Waals surface area contributed by atoms with Crippen LogP contribution in [0.4, 0.5) is 10.1 Å². The molecule has 118 valence electrons. The number of rotatable bonds is 3. The zero-order valence-corrected chi connectivity index (χ0v) is 13.0. The van der Waals surface area contributed by atoms with Crippen LogP contribution in [0.2, 0.25) is 0 Å². The van der Waals surface area contributed by atoms with Crippen LogP contribution in [0.5, 0.6) is 0 Å². The molecule has 22 heavy (non-hydrogen) atoms. The second-order valence-corrected chi connectivity index (χ2v) is 5.27. The quantitative estimate of drug-likeness (QED) is 0.911. The first-order valence-corrected chi connectivity index (χ1v) is 6.99. The lowest BCUT2D eigenvalue weighted by Gasteiger charge is -2.12. The zero-order chi connectivity index (χ0) is 14.8. The summed E-state index contributed by atoms with van der Waals surface area (Å²) in [6.45, 7) is 2.74. The van der Waals surface area contributed by atoms with Crippen LogP contribution in [-0.4, -0.2) is 28.3 Å². The van der Waals surface area contributed by atoms with Gasteiger partial charge in [0, 0.05) is 11.9 Å². The number of carbonyl (C=O) groups is 1. The van der Waals surface area contributed by atoms with E-state index in [0.29, 0.717) is 11.4 Å². The topological polar surface area (TPSA) is 59.0 Å². The van der Waals surface area contributed by atoms with Crippen LogP contribution < -0.4 is 10.6 Å². The Morgan fingerprint density at radius 3 is 2.91 bits per heavy atom. The first-order chi connectivity index (χ1) is 10.1. The first kappa shape index (κ1) is 16.5. The minimum atomic E-state index is -0.421. The fraction of sp³-hybridized carbons (Fsp3) is 0.333. The van der Waals surface area contributed by atoms with Crippen LogP contribution in [-0.2, 0) is 4.79 Å². The van der Waals surface area contributed by atoms with Crippen molar-refractivity contribution < 1.29 is 9.18 Å². The molecular formula is C15H18ClFN4O. The molecule has 3 rings (SSSR count). The number of benzene rings is 1. The van der Waals surface area contributed by atoms with Crippen LogP contribution in [0.3, 0.4) is 0 Å². The molecule has 1 aliphatic rings. The van der Waals surface area contributed by atoms with E-state index < -0.39 is 5.82 Å². The van der Waals surface area contributed by atoms with E-state index in [2.05, 4.69) is 15.7 Å². The molecule has 1 atom stereocenters. The summed E-state index contributed by atoms with van der Waals surface area (Å²) in [4.78, 5) is 12.0. The number of halogens is 2. The van der Waals surface area contributed by atoms with Gasteiger partial charge in [-0.15, -0.1) is 12.4 Å². The van der Waals surface area contributed by atoms with Gasteiger partial charge in [-0.25, -0.2) is 9.07 Å². The smallest absolute Gasteiger partial charge is 0.241 e. The number of aryl methyl sites for hydroxylation is 1. The molecule has 0 bridgehead atoms. The SMILES string of the molecule is Cc1cnn(-c2ccc(NC(=O)C3CCCN3)cc2F)c1.Cl. The zero-order valence-electron chi connectivity index (χ0n) is 12.2. The number of hydrogen-bond donors (Lipinski definition) is 2. The minimum absolute atomic E-state index is 0. The van der Waals surface area contributed by atoms with Crippen molar-refractivity contribution in [3.05, 3.63) is 42.0 Å². The summed E-state index contributed by atoms with van der Waals surface area (Å²) in [5.41, 5.74) is 1.78. The fourth-order valence-corrected chi connectivity index (χ4v) is 2.45. The predicted molar refractivity (Wildman–Crippen MR) is 85.2 cm³/mol. The predicted octanol–water partition coefficient (Wildman–Crippen LogP) is 2.43. The van der Waals surface area contributed by atoms with Crippen molar-refractivity contribution in [2.24, 2.45) is 0 Å². The van der Waals surface area contributed by atoms with Crippen molar-refractivity contribution in [3.8, 4) is 5.69 Å². The van der Waals surface area contributed by atoms with Crippen molar-refractivity contribution >= 4 is 24.0 Å². The molecule has 7 heteroatoms. The fourth-order valence-electron chi connectivity index (χ4n) is 2.45. The molecule has 5 nitrogen and oxygen atoms in total. The Bertz CT molecular complexity index is 667. The van der Waals surface area contributed by atoms with Crippen molar-refractivity contribution in [2.75, 3.05) is 11.9 Å². The summed E-state index contributed by atoms with van der Waals surface area (Å²) in [6.07, 6.45) is 5.23. The van der Waals surface area contributed by atoms with Crippen LogP contribution in [0.1, 0.15) is 18.4 Å². The van der Waals surface area contributed by atoms with Crippen molar-refractivity contribution in [1.82, 2.24) is 15.1 Å². The molecule has 2 N–H and O–H groups in total. The van der Waals surface area contributed by atoms with Crippen molar-refractivity contribution in [3.63, 3.8) is 0 Å². The summed E-state index contributed by atoms with van der Waals surface area (Å²) < 4.78 is 15.6. The maximum Gasteiger partial charge on any atom is 0.241 e. The summed E-state index contributed by atoms with van der Waals surface area (Å²) in [5, 5.41) is 9.93. The number of nitrogens with zero attached hydrogens (tertiary/aromatic N) is 2. The lowest BCUT2D eigenvalue weighted by Crippen LogP contribution is -2.35. The van der Waals surface area contributed by atoms with Crippen LogP contribution in [0, 0.1) is 12.7 Å². The largest absolute Gasteiger partial charge is 0.325 e. The number of nitrogens with one attached hydrogen (secondary N) is 2. The Balaban J connectivity index is 0.00000176. The van der Waals surface area contributed by atoms with Gasteiger partial charge in [-0.2, -0.15) is 5.10 Å². The van der Waals surface area contributed by atoms with Crippen LogP contribution in [0.15, 0.2) is 30.6 Å². The van der Waals surface area contributed by atoms with E-state index >= 15 is 0 Å². The number of aromatic nitrogens is 2. The van der Waals surface area contributed by atoms with E-state index in [1.165, 1.54) is 10.7 Å². The Morgan fingerprint density at radius 1 is 1.50 bits per heavy atom. The van der Waals surface area contributed by atoms with E-state index in [1.54, 1.807) is 24.5 Å². The normalized spacial score (nSPS) is 17.1. The highest BCUT2D eigenvalue weighted by molar-refractivity contribution is 5.95. The third kappa shape index (κ3) is 3.45. The molecule has 1 aliphatic heterocycles. The van der Waals surface area contributed by atoms with E-state index in [0.717, 1.165) is 24.9 Å². The lowest BCUT2D eigenvalue weighted by atomic mass is 10.2. The van der Waals surface area contributed by atoms with Gasteiger partial charge in [0.15, 0.2) is 5.82 Å². The molecular weight excluding hydrogens is 307 g/mol. The van der Waals surface area contributed by atoms with Gasteiger partial charge in [-0.05, 0) is 50.1 Å². The van der Waals surface area contributed by atoms with Gasteiger partial charge < -0.3 is 10.6 Å². The van der Waals surface area contributed by atoms with Crippen molar-refractivity contribution in [1.29, 1.82) is 0 Å². The molecule has 1 saturated heterocycles. The average molecular weight is 325 g/mol. The summed E-state index contributed by atoms with van der Waals surface area (Å²) >= 11 is 0. The third-order valence-corrected chi connectivity index (χ3v) is 3.55. The Morgan fingerprint density at radius 2 is 2.32 bits per heavy atom. The monoisotopic (exact) mass is 324 g/mol. The summed E-state index contributed by atoms with van der Waals surface area (Å²) in [5.74, 6) is -0.537. The Hall–Kier alpha value is -1.92. The minimum Gasteiger partial charge on any atom is -0.325 e. The summed E-state index contributed by atoms with van der Waals surface area (Å²) in [7, 11) is 0. The van der Waals surface area contributed by atoms with Gasteiger partial charge in [0.05, 0.1) is 12.2 Å². The molecule has 0 spiro atoms. The third-order valence-electron chi connectivity index (χ3n) is 3.55. The van der Waals surface area contributed by atoms with E-state index in [1.807, 2.05) is 6.92 Å². The van der Waals surface area contributed by atoms with Crippen LogP contribution >= 0.6 is 12.4 Å². The number of anilines is 1. The highest BCUT2D eigenvalue weighted by atomic mass is 35.5. The summed E-state index contributed by atoms with van der Waals surface area (Å²) in [6, 6.07) is 4.43. The van der Waals surface area contributed by atoms with Gasteiger partial charge in [0.2, 0.25) is 5.91 Å². The average Bonchev–Trinajstić information content (AvgIpc) is 3.10. The highest BCUT2D eigenvalue weighted by Crippen LogP contribution is 2.19. The van der Waals surface area contributed by atoms with E-state index in [-0.39, 0.29) is 24.4 Å². The van der Waals surface area contributed by atoms with Gasteiger partial charge in [0.25, 0.3) is 0 Å².